The summed E-state index contributed by atoms with van der Waals surface area (Å²) >= 11 is 0. The van der Waals surface area contributed by atoms with E-state index in [4.69, 9.17) is 5.11 Å². The van der Waals surface area contributed by atoms with E-state index < -0.39 is 0 Å². The summed E-state index contributed by atoms with van der Waals surface area (Å²) in [7, 11) is 1.95. The molecule has 0 aliphatic rings. The van der Waals surface area contributed by atoms with Crippen LogP contribution >= 0.6 is 0 Å². The highest BCUT2D eigenvalue weighted by Gasteiger charge is 2.02. The van der Waals surface area contributed by atoms with Crippen molar-refractivity contribution in [3.8, 4) is 0 Å². The zero-order valence-corrected chi connectivity index (χ0v) is 9.30. The molecule has 4 heteroatoms. The van der Waals surface area contributed by atoms with Crippen molar-refractivity contribution in [3.63, 3.8) is 0 Å². The normalized spacial score (nSPS) is 11.2. The molecule has 84 valence electrons. The Morgan fingerprint density at radius 2 is 2.00 bits per heavy atom. The van der Waals surface area contributed by atoms with Gasteiger partial charge in [0.1, 0.15) is 0 Å². The van der Waals surface area contributed by atoms with Gasteiger partial charge in [0.05, 0.1) is 29.5 Å². The molecule has 16 heavy (non-hydrogen) atoms. The van der Waals surface area contributed by atoms with Crippen molar-refractivity contribution in [2.75, 3.05) is 20.2 Å². The van der Waals surface area contributed by atoms with E-state index >= 15 is 0 Å². The fourth-order valence-electron chi connectivity index (χ4n) is 1.60. The van der Waals surface area contributed by atoms with Crippen LogP contribution in [0.2, 0.25) is 0 Å². The van der Waals surface area contributed by atoms with E-state index in [1.165, 1.54) is 0 Å². The third-order valence-electron chi connectivity index (χ3n) is 2.41. The zero-order chi connectivity index (χ0) is 11.4. The SMILES string of the molecule is CN(CCO)Cc1cnc2ccccc2n1. The van der Waals surface area contributed by atoms with Gasteiger partial charge in [0.2, 0.25) is 0 Å². The molecular formula is C12H15N3O. The number of fused-ring (bicyclic) bond motifs is 1. The van der Waals surface area contributed by atoms with Crippen molar-refractivity contribution in [3.05, 3.63) is 36.2 Å². The van der Waals surface area contributed by atoms with Crippen LogP contribution < -0.4 is 0 Å². The third-order valence-corrected chi connectivity index (χ3v) is 2.41. The summed E-state index contributed by atoms with van der Waals surface area (Å²) in [5.74, 6) is 0. The van der Waals surface area contributed by atoms with E-state index in [1.54, 1.807) is 6.20 Å². The van der Waals surface area contributed by atoms with Gasteiger partial charge in [-0.1, -0.05) is 12.1 Å². The largest absolute Gasteiger partial charge is 0.395 e. The maximum Gasteiger partial charge on any atom is 0.0890 e. The van der Waals surface area contributed by atoms with Crippen molar-refractivity contribution >= 4 is 11.0 Å². The molecule has 1 N–H and O–H groups in total. The minimum Gasteiger partial charge on any atom is -0.395 e. The molecule has 0 saturated heterocycles. The number of aliphatic hydroxyl groups is 1. The molecule has 1 aromatic heterocycles. The van der Waals surface area contributed by atoms with Crippen LogP contribution in [0.1, 0.15) is 5.69 Å². The molecular weight excluding hydrogens is 202 g/mol. The van der Waals surface area contributed by atoms with E-state index in [1.807, 2.05) is 36.2 Å². The first-order valence-corrected chi connectivity index (χ1v) is 5.29. The maximum absolute atomic E-state index is 8.81. The summed E-state index contributed by atoms with van der Waals surface area (Å²) in [4.78, 5) is 10.9. The molecule has 0 unspecified atom stereocenters. The van der Waals surface area contributed by atoms with Crippen LogP contribution in [-0.4, -0.2) is 40.2 Å². The second-order valence-corrected chi connectivity index (χ2v) is 3.81. The Labute approximate surface area is 94.6 Å². The number of aromatic nitrogens is 2. The average Bonchev–Trinajstić information content (AvgIpc) is 2.29. The molecule has 0 amide bonds. The molecule has 2 rings (SSSR count). The monoisotopic (exact) mass is 217 g/mol. The van der Waals surface area contributed by atoms with Gasteiger partial charge in [0.15, 0.2) is 0 Å². The highest BCUT2D eigenvalue weighted by molar-refractivity contribution is 5.73. The van der Waals surface area contributed by atoms with E-state index in [-0.39, 0.29) is 6.61 Å². The zero-order valence-electron chi connectivity index (χ0n) is 9.30. The number of hydrogen-bond donors (Lipinski definition) is 1. The molecule has 4 nitrogen and oxygen atoms in total. The van der Waals surface area contributed by atoms with Gasteiger partial charge >= 0.3 is 0 Å². The van der Waals surface area contributed by atoms with Gasteiger partial charge < -0.3 is 5.11 Å². The quantitative estimate of drug-likeness (QED) is 0.831. The first kappa shape index (κ1) is 11.0. The Balaban J connectivity index is 2.19. The van der Waals surface area contributed by atoms with Crippen LogP contribution in [0, 0.1) is 0 Å². The lowest BCUT2D eigenvalue weighted by Crippen LogP contribution is -2.22. The lowest BCUT2D eigenvalue weighted by molar-refractivity contribution is 0.216. The molecule has 0 aliphatic carbocycles. The van der Waals surface area contributed by atoms with Crippen molar-refractivity contribution < 1.29 is 5.11 Å². The predicted octanol–water partition coefficient (Wildman–Crippen LogP) is 1.05. The molecule has 0 fully saturated rings. The smallest absolute Gasteiger partial charge is 0.0890 e. The van der Waals surface area contributed by atoms with Gasteiger partial charge in [-0.05, 0) is 19.2 Å². The number of para-hydroxylation sites is 2. The summed E-state index contributed by atoms with van der Waals surface area (Å²) < 4.78 is 0. The predicted molar refractivity (Wildman–Crippen MR) is 63.0 cm³/mol. The number of benzene rings is 1. The van der Waals surface area contributed by atoms with Crippen molar-refractivity contribution in [2.24, 2.45) is 0 Å². The maximum atomic E-state index is 8.81. The van der Waals surface area contributed by atoms with E-state index in [9.17, 15) is 0 Å². The van der Waals surface area contributed by atoms with Crippen LogP contribution in [0.4, 0.5) is 0 Å². The summed E-state index contributed by atoms with van der Waals surface area (Å²) in [5.41, 5.74) is 2.75. The molecule has 0 radical (unpaired) electrons. The minimum absolute atomic E-state index is 0.164. The Morgan fingerprint density at radius 1 is 1.25 bits per heavy atom. The molecule has 1 aromatic carbocycles. The van der Waals surface area contributed by atoms with Crippen molar-refractivity contribution in [2.45, 2.75) is 6.54 Å². The molecule has 0 aliphatic heterocycles. The molecule has 2 aromatic rings. The second-order valence-electron chi connectivity index (χ2n) is 3.81. The van der Waals surface area contributed by atoms with Gasteiger partial charge in [0, 0.05) is 13.1 Å². The lowest BCUT2D eigenvalue weighted by Gasteiger charge is -2.14. The number of rotatable bonds is 4. The number of hydrogen-bond acceptors (Lipinski definition) is 4. The van der Waals surface area contributed by atoms with Crippen molar-refractivity contribution in [1.82, 2.24) is 14.9 Å². The van der Waals surface area contributed by atoms with Gasteiger partial charge in [-0.15, -0.1) is 0 Å². The first-order chi connectivity index (χ1) is 7.79. The molecule has 0 bridgehead atoms. The van der Waals surface area contributed by atoms with Gasteiger partial charge in [0.25, 0.3) is 0 Å². The molecule has 0 spiro atoms. The molecule has 1 heterocycles. The Kier molecular flexibility index (Phi) is 3.44. The minimum atomic E-state index is 0.164. The van der Waals surface area contributed by atoms with Gasteiger partial charge in [-0.2, -0.15) is 0 Å². The summed E-state index contributed by atoms with van der Waals surface area (Å²) in [5, 5.41) is 8.81. The van der Waals surface area contributed by atoms with Crippen LogP contribution in [0.25, 0.3) is 11.0 Å². The topological polar surface area (TPSA) is 49.2 Å². The summed E-state index contributed by atoms with van der Waals surface area (Å²) in [6, 6.07) is 7.81. The molecule has 0 saturated carbocycles. The third kappa shape index (κ3) is 2.53. The molecule has 0 atom stereocenters. The van der Waals surface area contributed by atoms with Crippen LogP contribution in [0.3, 0.4) is 0 Å². The number of likely N-dealkylation sites (N-methyl/N-ethyl adjacent to an activating group) is 1. The van der Waals surface area contributed by atoms with E-state index in [0.29, 0.717) is 13.1 Å². The first-order valence-electron chi connectivity index (χ1n) is 5.29. The van der Waals surface area contributed by atoms with Crippen LogP contribution in [0.15, 0.2) is 30.5 Å². The second kappa shape index (κ2) is 5.01. The lowest BCUT2D eigenvalue weighted by atomic mass is 10.3. The fraction of sp³-hybridized carbons (Fsp3) is 0.333. The van der Waals surface area contributed by atoms with Crippen LogP contribution in [-0.2, 0) is 6.54 Å². The summed E-state index contributed by atoms with van der Waals surface area (Å²) in [6.45, 7) is 1.52. The number of nitrogens with zero attached hydrogens (tertiary/aromatic N) is 3. The van der Waals surface area contributed by atoms with Crippen LogP contribution in [0.5, 0.6) is 0 Å². The Hall–Kier alpha value is -1.52. The average molecular weight is 217 g/mol. The van der Waals surface area contributed by atoms with E-state index in [2.05, 4.69) is 9.97 Å². The van der Waals surface area contributed by atoms with Gasteiger partial charge in [-0.25, -0.2) is 4.98 Å². The van der Waals surface area contributed by atoms with E-state index in [0.717, 1.165) is 16.7 Å². The van der Waals surface area contributed by atoms with Gasteiger partial charge in [-0.3, -0.25) is 9.88 Å². The fourth-order valence-corrected chi connectivity index (χ4v) is 1.60. The van der Waals surface area contributed by atoms with Crippen molar-refractivity contribution in [1.29, 1.82) is 0 Å². The highest BCUT2D eigenvalue weighted by atomic mass is 16.3. The number of aliphatic hydroxyl groups excluding tert-OH is 1. The Morgan fingerprint density at radius 3 is 2.75 bits per heavy atom. The summed E-state index contributed by atoms with van der Waals surface area (Å²) in [6.07, 6.45) is 1.79. The highest BCUT2D eigenvalue weighted by Crippen LogP contribution is 2.09. The Bertz CT molecular complexity index is 473. The standard InChI is InChI=1S/C12H15N3O/c1-15(6-7-16)9-10-8-13-11-4-2-3-5-12(11)14-10/h2-5,8,16H,6-7,9H2,1H3.